The van der Waals surface area contributed by atoms with Crippen molar-refractivity contribution in [2.24, 2.45) is 5.41 Å². The third-order valence-corrected chi connectivity index (χ3v) is 3.89. The van der Waals surface area contributed by atoms with E-state index in [-0.39, 0.29) is 17.5 Å². The molecule has 4 heteroatoms. The minimum Gasteiger partial charge on any atom is -0.410 e. The first-order valence-electron chi connectivity index (χ1n) is 8.73. The lowest BCUT2D eigenvalue weighted by Crippen LogP contribution is -2.41. The summed E-state index contributed by atoms with van der Waals surface area (Å²) in [5, 5.41) is 10.7. The highest BCUT2D eigenvalue weighted by Gasteiger charge is 2.25. The van der Waals surface area contributed by atoms with Crippen LogP contribution in [-0.4, -0.2) is 28.2 Å². The van der Waals surface area contributed by atoms with Gasteiger partial charge in [0.2, 0.25) is 0 Å². The largest absolute Gasteiger partial charge is 0.415 e. The summed E-state index contributed by atoms with van der Waals surface area (Å²) in [6, 6.07) is 9.48. The summed E-state index contributed by atoms with van der Waals surface area (Å²) in [6.45, 7) is 13.8. The summed E-state index contributed by atoms with van der Waals surface area (Å²) in [5.74, 6) is 0. The Kier molecular flexibility index (Phi) is 7.47. The monoisotopic (exact) mass is 345 g/mol. The third kappa shape index (κ3) is 6.08. The van der Waals surface area contributed by atoms with E-state index in [1.807, 2.05) is 78.8 Å². The zero-order chi connectivity index (χ0) is 19.2. The molecule has 0 aromatic heterocycles. The molecule has 0 aliphatic rings. The van der Waals surface area contributed by atoms with Gasteiger partial charge in [-0.1, -0.05) is 56.8 Å². The van der Waals surface area contributed by atoms with Crippen molar-refractivity contribution < 1.29 is 14.6 Å². The highest BCUT2D eigenvalue weighted by Crippen LogP contribution is 2.34. The number of rotatable bonds is 5. The minimum atomic E-state index is -0.803. The molecule has 1 aromatic carbocycles. The second-order valence-corrected chi connectivity index (χ2v) is 7.72. The molecule has 0 unspecified atom stereocenters. The molecule has 0 aliphatic heterocycles. The van der Waals surface area contributed by atoms with Crippen molar-refractivity contribution >= 4 is 6.09 Å². The molecule has 1 atom stereocenters. The predicted molar refractivity (Wildman–Crippen MR) is 101 cm³/mol. The molecular weight excluding hydrogens is 314 g/mol. The van der Waals surface area contributed by atoms with Crippen LogP contribution >= 0.6 is 0 Å². The molecule has 0 saturated carbocycles. The van der Waals surface area contributed by atoms with Crippen LogP contribution in [0, 0.1) is 5.41 Å². The van der Waals surface area contributed by atoms with E-state index in [1.54, 1.807) is 4.90 Å². The number of hydrogen-bond donors (Lipinski definition) is 1. The number of carbonyl (C=O) groups excluding carboxylic acids is 1. The highest BCUT2D eigenvalue weighted by molar-refractivity contribution is 5.69. The van der Waals surface area contributed by atoms with Gasteiger partial charge < -0.3 is 14.7 Å². The molecule has 0 saturated heterocycles. The number of amides is 1. The van der Waals surface area contributed by atoms with E-state index < -0.39 is 12.2 Å². The van der Waals surface area contributed by atoms with Crippen molar-refractivity contribution in [2.45, 2.75) is 66.7 Å². The van der Waals surface area contributed by atoms with Crippen LogP contribution in [0.5, 0.6) is 0 Å². The Morgan fingerprint density at radius 2 is 1.64 bits per heavy atom. The molecule has 0 aliphatic carbocycles. The maximum atomic E-state index is 12.3. The highest BCUT2D eigenvalue weighted by atomic mass is 16.5. The Morgan fingerprint density at radius 3 is 2.08 bits per heavy atom. The van der Waals surface area contributed by atoms with Gasteiger partial charge in [0, 0.05) is 17.7 Å². The molecule has 138 valence electrons. The molecule has 1 aromatic rings. The van der Waals surface area contributed by atoms with Crippen LogP contribution in [0.2, 0.25) is 0 Å². The summed E-state index contributed by atoms with van der Waals surface area (Å²) in [7, 11) is 0. The number of benzene rings is 1. The molecule has 0 fully saturated rings. The summed E-state index contributed by atoms with van der Waals surface area (Å²) < 4.78 is 5.26. The number of hydrogen-bond acceptors (Lipinski definition) is 3. The van der Waals surface area contributed by atoms with Gasteiger partial charge in [-0.25, -0.2) is 4.79 Å². The van der Waals surface area contributed by atoms with E-state index in [1.165, 1.54) is 6.26 Å². The molecule has 1 N–H and O–H groups in total. The van der Waals surface area contributed by atoms with E-state index in [2.05, 4.69) is 5.73 Å². The molecule has 0 radical (unpaired) electrons. The average Bonchev–Trinajstić information content (AvgIpc) is 2.50. The number of aliphatic hydroxyl groups is 1. The van der Waals surface area contributed by atoms with E-state index >= 15 is 0 Å². The lowest BCUT2D eigenvalue weighted by molar-refractivity contribution is 0.109. The van der Waals surface area contributed by atoms with E-state index in [4.69, 9.17) is 4.74 Å². The first kappa shape index (κ1) is 21.0. The summed E-state index contributed by atoms with van der Waals surface area (Å²) in [6.07, 6.45) is 0.0368. The van der Waals surface area contributed by atoms with Gasteiger partial charge in [-0.2, -0.15) is 0 Å². The second kappa shape index (κ2) is 8.89. The minimum absolute atomic E-state index is 0.0434. The number of nitrogens with zero attached hydrogens (tertiary/aromatic N) is 1. The fraction of sp³-hybridized carbons (Fsp3) is 0.524. The lowest BCUT2D eigenvalue weighted by atomic mass is 9.81. The molecule has 1 amide bonds. The van der Waals surface area contributed by atoms with Gasteiger partial charge in [-0.05, 0) is 38.7 Å². The molecule has 1 rings (SSSR count). The number of aliphatic hydroxyl groups excluding tert-OH is 1. The maximum absolute atomic E-state index is 12.3. The zero-order valence-corrected chi connectivity index (χ0v) is 16.4. The van der Waals surface area contributed by atoms with Crippen LogP contribution in [0.25, 0.3) is 0 Å². The number of carbonyl (C=O) groups is 1. The Hall–Kier alpha value is -2.03. The van der Waals surface area contributed by atoms with Crippen molar-refractivity contribution in [1.82, 2.24) is 4.90 Å². The Morgan fingerprint density at radius 1 is 1.12 bits per heavy atom. The van der Waals surface area contributed by atoms with Gasteiger partial charge in [-0.15, -0.1) is 0 Å². The Balaban J connectivity index is 3.08. The third-order valence-electron chi connectivity index (χ3n) is 3.89. The van der Waals surface area contributed by atoms with Gasteiger partial charge in [-0.3, -0.25) is 0 Å². The molecule has 25 heavy (non-hydrogen) atoms. The van der Waals surface area contributed by atoms with Crippen LogP contribution in [0.4, 0.5) is 4.79 Å². The van der Waals surface area contributed by atoms with Crippen molar-refractivity contribution in [1.29, 1.82) is 0 Å². The smallest absolute Gasteiger partial charge is 0.410 e. The van der Waals surface area contributed by atoms with Crippen molar-refractivity contribution in [3.8, 4) is 0 Å². The quantitative estimate of drug-likeness (QED) is 0.599. The van der Waals surface area contributed by atoms with Gasteiger partial charge >= 0.3 is 6.09 Å². The molecule has 0 spiro atoms. The van der Waals surface area contributed by atoms with Gasteiger partial charge in [0.1, 0.15) is 12.4 Å². The maximum Gasteiger partial charge on any atom is 0.415 e. The molecule has 0 heterocycles. The Labute approximate surface area is 151 Å². The molecule has 0 bridgehead atoms. The van der Waals surface area contributed by atoms with Crippen LogP contribution in [0.3, 0.4) is 0 Å². The average molecular weight is 345 g/mol. The standard InChI is InChI=1S/C21H31NO3/c1-15(2)22(16(3)4)20(24)25-14-13-18(21(5,6)7)19(23)17-11-9-8-10-12-17/h8-12,14-16,19,23H,1-7H3/t13?,19-/m1/s1. The molecular formula is C21H31NO3. The SMILES string of the molecule is CC(C)N(C(=O)OC=C=C([C@H](O)c1ccccc1)C(C)(C)C)C(C)C. The Bertz CT molecular complexity index is 612. The van der Waals surface area contributed by atoms with Crippen LogP contribution in [0.1, 0.15) is 60.1 Å². The summed E-state index contributed by atoms with van der Waals surface area (Å²) >= 11 is 0. The van der Waals surface area contributed by atoms with E-state index in [0.717, 1.165) is 5.56 Å². The first-order chi connectivity index (χ1) is 11.6. The van der Waals surface area contributed by atoms with Gasteiger partial charge in [0.25, 0.3) is 0 Å². The summed E-state index contributed by atoms with van der Waals surface area (Å²) in [4.78, 5) is 13.9. The van der Waals surface area contributed by atoms with Crippen molar-refractivity contribution in [2.75, 3.05) is 0 Å². The van der Waals surface area contributed by atoms with Crippen LogP contribution < -0.4 is 0 Å². The van der Waals surface area contributed by atoms with Gasteiger partial charge in [0.15, 0.2) is 0 Å². The topological polar surface area (TPSA) is 49.8 Å². The van der Waals surface area contributed by atoms with E-state index in [0.29, 0.717) is 5.57 Å². The van der Waals surface area contributed by atoms with E-state index in [9.17, 15) is 9.90 Å². The lowest BCUT2D eigenvalue weighted by Gasteiger charge is -2.29. The normalized spacial score (nSPS) is 12.6. The van der Waals surface area contributed by atoms with Crippen LogP contribution in [-0.2, 0) is 4.74 Å². The second-order valence-electron chi connectivity index (χ2n) is 7.72. The number of ether oxygens (including phenoxy) is 1. The van der Waals surface area contributed by atoms with Gasteiger partial charge in [0.05, 0.1) is 0 Å². The summed E-state index contributed by atoms with van der Waals surface area (Å²) in [5.41, 5.74) is 4.11. The fourth-order valence-electron chi connectivity index (χ4n) is 2.73. The first-order valence-corrected chi connectivity index (χ1v) is 8.73. The predicted octanol–water partition coefficient (Wildman–Crippen LogP) is 5.06. The zero-order valence-electron chi connectivity index (χ0n) is 16.4. The molecule has 4 nitrogen and oxygen atoms in total. The fourth-order valence-corrected chi connectivity index (χ4v) is 2.73. The van der Waals surface area contributed by atoms with Crippen molar-refractivity contribution in [3.05, 3.63) is 53.5 Å². The van der Waals surface area contributed by atoms with Crippen molar-refractivity contribution in [3.63, 3.8) is 0 Å². The van der Waals surface area contributed by atoms with Crippen LogP contribution in [0.15, 0.2) is 47.9 Å².